The predicted molar refractivity (Wildman–Crippen MR) is 55.9 cm³/mol. The number of carboxylic acids is 1. The van der Waals surface area contributed by atoms with Crippen molar-refractivity contribution >= 4 is 11.9 Å². The summed E-state index contributed by atoms with van der Waals surface area (Å²) in [6.07, 6.45) is -5.68. The molecule has 0 bridgehead atoms. The number of amides is 1. The molecule has 0 aliphatic rings. The number of nitrogens with one attached hydrogen (secondary N) is 1. The Bertz CT molecular complexity index is 309. The number of hydrogen-bond acceptors (Lipinski definition) is 3. The Hall–Kier alpha value is -1.31. The molecule has 0 spiro atoms. The van der Waals surface area contributed by atoms with E-state index in [0.717, 1.165) is 0 Å². The summed E-state index contributed by atoms with van der Waals surface area (Å²) in [7, 11) is 0. The maximum absolute atomic E-state index is 12.0. The molecule has 18 heavy (non-hydrogen) atoms. The smallest absolute Gasteiger partial charge is 0.471 e. The Labute approximate surface area is 102 Å². The van der Waals surface area contributed by atoms with Gasteiger partial charge in [0.1, 0.15) is 0 Å². The number of rotatable bonds is 5. The summed E-state index contributed by atoms with van der Waals surface area (Å²) in [6.45, 7) is 4.68. The van der Waals surface area contributed by atoms with Gasteiger partial charge in [0.25, 0.3) is 0 Å². The maximum atomic E-state index is 12.0. The molecule has 0 aromatic carbocycles. The molecule has 0 unspecified atom stereocenters. The standard InChI is InChI=1S/C10H16F3NO4/c1-9(2,3)18-5-6(4-7(15)16)14-8(17)10(11,12)13/h6H,4-5H2,1-3H3,(H,14,17)(H,15,16)/t6-/m1/s1. The van der Waals surface area contributed by atoms with Crippen molar-refractivity contribution in [2.45, 2.75) is 45.0 Å². The molecule has 106 valence electrons. The molecule has 0 fully saturated rings. The van der Waals surface area contributed by atoms with Gasteiger partial charge in [-0.25, -0.2) is 0 Å². The number of carboxylic acid groups (broad SMARTS) is 1. The molecule has 0 aliphatic heterocycles. The molecule has 0 aromatic heterocycles. The van der Waals surface area contributed by atoms with E-state index in [1.165, 1.54) is 0 Å². The molecule has 0 rings (SSSR count). The normalized spacial score (nSPS) is 14.1. The zero-order valence-corrected chi connectivity index (χ0v) is 10.3. The van der Waals surface area contributed by atoms with Crippen LogP contribution in [0.15, 0.2) is 0 Å². The highest BCUT2D eigenvalue weighted by Crippen LogP contribution is 2.15. The van der Waals surface area contributed by atoms with Crippen molar-refractivity contribution < 1.29 is 32.6 Å². The van der Waals surface area contributed by atoms with Crippen molar-refractivity contribution in [2.75, 3.05) is 6.61 Å². The highest BCUT2D eigenvalue weighted by Gasteiger charge is 2.40. The second kappa shape index (κ2) is 6.03. The molecule has 0 radical (unpaired) electrons. The van der Waals surface area contributed by atoms with Crippen LogP contribution in [0.25, 0.3) is 0 Å². The first kappa shape index (κ1) is 16.7. The first-order chi connectivity index (χ1) is 7.92. The van der Waals surface area contributed by atoms with E-state index < -0.39 is 36.1 Å². The van der Waals surface area contributed by atoms with E-state index in [1.807, 2.05) is 0 Å². The van der Waals surface area contributed by atoms with Crippen molar-refractivity contribution in [3.8, 4) is 0 Å². The Morgan fingerprint density at radius 1 is 1.28 bits per heavy atom. The van der Waals surface area contributed by atoms with Crippen molar-refractivity contribution in [1.82, 2.24) is 5.32 Å². The number of alkyl halides is 3. The van der Waals surface area contributed by atoms with Crippen molar-refractivity contribution in [3.05, 3.63) is 0 Å². The van der Waals surface area contributed by atoms with Crippen LogP contribution in [0.5, 0.6) is 0 Å². The lowest BCUT2D eigenvalue weighted by atomic mass is 10.1. The van der Waals surface area contributed by atoms with Crippen molar-refractivity contribution in [1.29, 1.82) is 0 Å². The fourth-order valence-corrected chi connectivity index (χ4v) is 0.980. The van der Waals surface area contributed by atoms with E-state index in [1.54, 1.807) is 26.1 Å². The number of hydrogen-bond donors (Lipinski definition) is 2. The number of carbonyl (C=O) groups is 2. The van der Waals surface area contributed by atoms with Gasteiger partial charge in [0.05, 0.1) is 24.7 Å². The van der Waals surface area contributed by atoms with Crippen LogP contribution in [0.1, 0.15) is 27.2 Å². The van der Waals surface area contributed by atoms with Gasteiger partial charge < -0.3 is 15.2 Å². The largest absolute Gasteiger partial charge is 0.481 e. The van der Waals surface area contributed by atoms with Gasteiger partial charge in [0.15, 0.2) is 0 Å². The molecular weight excluding hydrogens is 255 g/mol. The van der Waals surface area contributed by atoms with Gasteiger partial charge in [-0.1, -0.05) is 0 Å². The summed E-state index contributed by atoms with van der Waals surface area (Å²) >= 11 is 0. The summed E-state index contributed by atoms with van der Waals surface area (Å²) < 4.78 is 41.2. The summed E-state index contributed by atoms with van der Waals surface area (Å²) in [6, 6.07) is -1.23. The number of aliphatic carboxylic acids is 1. The average molecular weight is 271 g/mol. The second-order valence-electron chi connectivity index (χ2n) is 4.69. The monoisotopic (exact) mass is 271 g/mol. The third-order valence-corrected chi connectivity index (χ3v) is 1.73. The lowest BCUT2D eigenvalue weighted by Crippen LogP contribution is -2.47. The van der Waals surface area contributed by atoms with Crippen LogP contribution in [0.2, 0.25) is 0 Å². The summed E-state index contributed by atoms with van der Waals surface area (Å²) in [5, 5.41) is 10.1. The maximum Gasteiger partial charge on any atom is 0.471 e. The molecule has 1 amide bonds. The molecule has 0 heterocycles. The highest BCUT2D eigenvalue weighted by molar-refractivity contribution is 5.82. The van der Waals surface area contributed by atoms with Gasteiger partial charge in [-0.2, -0.15) is 13.2 Å². The van der Waals surface area contributed by atoms with E-state index in [0.29, 0.717) is 0 Å². The van der Waals surface area contributed by atoms with E-state index in [2.05, 4.69) is 0 Å². The second-order valence-corrected chi connectivity index (χ2v) is 4.69. The van der Waals surface area contributed by atoms with Crippen LogP contribution in [0.4, 0.5) is 13.2 Å². The van der Waals surface area contributed by atoms with Crippen LogP contribution in [0.3, 0.4) is 0 Å². The zero-order valence-electron chi connectivity index (χ0n) is 10.3. The van der Waals surface area contributed by atoms with Gasteiger partial charge in [0, 0.05) is 0 Å². The average Bonchev–Trinajstić information content (AvgIpc) is 2.10. The third kappa shape index (κ3) is 7.88. The van der Waals surface area contributed by atoms with Gasteiger partial charge >= 0.3 is 18.1 Å². The van der Waals surface area contributed by atoms with Crippen molar-refractivity contribution in [2.24, 2.45) is 0 Å². The summed E-state index contributed by atoms with van der Waals surface area (Å²) in [5.41, 5.74) is -0.639. The van der Waals surface area contributed by atoms with Gasteiger partial charge in [0.2, 0.25) is 0 Å². The van der Waals surface area contributed by atoms with E-state index >= 15 is 0 Å². The van der Waals surface area contributed by atoms with Crippen LogP contribution in [-0.2, 0) is 14.3 Å². The first-order valence-electron chi connectivity index (χ1n) is 5.15. The van der Waals surface area contributed by atoms with Crippen molar-refractivity contribution in [3.63, 3.8) is 0 Å². The summed E-state index contributed by atoms with van der Waals surface area (Å²) in [5.74, 6) is -3.49. The SMILES string of the molecule is CC(C)(C)OC[C@@H](CC(=O)O)NC(=O)C(F)(F)F. The quantitative estimate of drug-likeness (QED) is 0.790. The molecule has 5 nitrogen and oxygen atoms in total. The third-order valence-electron chi connectivity index (χ3n) is 1.73. The minimum absolute atomic E-state index is 0.308. The number of halogens is 3. The van der Waals surface area contributed by atoms with Gasteiger partial charge in [-0.3, -0.25) is 9.59 Å². The zero-order chi connectivity index (χ0) is 14.6. The number of ether oxygens (including phenoxy) is 1. The van der Waals surface area contributed by atoms with E-state index in [9.17, 15) is 22.8 Å². The molecule has 0 saturated carbocycles. The predicted octanol–water partition coefficient (Wildman–Crippen LogP) is 1.32. The minimum Gasteiger partial charge on any atom is -0.481 e. The fraction of sp³-hybridized carbons (Fsp3) is 0.800. The molecule has 1 atom stereocenters. The molecule has 2 N–H and O–H groups in total. The molecule has 0 aromatic rings. The highest BCUT2D eigenvalue weighted by atomic mass is 19.4. The molecule has 0 saturated heterocycles. The lowest BCUT2D eigenvalue weighted by Gasteiger charge is -2.24. The Kier molecular flexibility index (Phi) is 5.59. The van der Waals surface area contributed by atoms with Gasteiger partial charge in [-0.05, 0) is 20.8 Å². The topological polar surface area (TPSA) is 75.6 Å². The Balaban J connectivity index is 4.50. The lowest BCUT2D eigenvalue weighted by molar-refractivity contribution is -0.175. The van der Waals surface area contributed by atoms with Crippen LogP contribution in [-0.4, -0.2) is 41.4 Å². The molecule has 8 heteroatoms. The minimum atomic E-state index is -5.04. The van der Waals surface area contributed by atoms with Gasteiger partial charge in [-0.15, -0.1) is 0 Å². The Morgan fingerprint density at radius 3 is 2.11 bits per heavy atom. The first-order valence-corrected chi connectivity index (χ1v) is 5.15. The van der Waals surface area contributed by atoms with Crippen LogP contribution in [0, 0.1) is 0 Å². The van der Waals surface area contributed by atoms with Crippen LogP contribution < -0.4 is 5.32 Å². The molecular formula is C10H16F3NO4. The van der Waals surface area contributed by atoms with E-state index in [-0.39, 0.29) is 6.61 Å². The van der Waals surface area contributed by atoms with E-state index in [4.69, 9.17) is 9.84 Å². The Morgan fingerprint density at radius 2 is 1.78 bits per heavy atom. The number of carbonyl (C=O) groups excluding carboxylic acids is 1. The van der Waals surface area contributed by atoms with Crippen LogP contribution >= 0.6 is 0 Å². The summed E-state index contributed by atoms with van der Waals surface area (Å²) in [4.78, 5) is 21.2. The fourth-order valence-electron chi connectivity index (χ4n) is 0.980. The molecule has 0 aliphatic carbocycles.